The Balaban J connectivity index is 2.54. The molecule has 0 unspecified atom stereocenters. The zero-order valence-electron chi connectivity index (χ0n) is 11.3. The number of nitrogens with zero attached hydrogens (tertiary/aromatic N) is 4. The van der Waals surface area contributed by atoms with Crippen LogP contribution in [0.15, 0.2) is 6.20 Å². The van der Waals surface area contributed by atoms with Crippen LogP contribution in [0.5, 0.6) is 0 Å². The van der Waals surface area contributed by atoms with Crippen LogP contribution in [-0.2, 0) is 0 Å². The van der Waals surface area contributed by atoms with Gasteiger partial charge in [-0.3, -0.25) is 0 Å². The van der Waals surface area contributed by atoms with Gasteiger partial charge in [-0.05, 0) is 34.9 Å². The Morgan fingerprint density at radius 2 is 2.00 bits per heavy atom. The fourth-order valence-corrected chi connectivity index (χ4v) is 1.18. The Morgan fingerprint density at radius 3 is 2.59 bits per heavy atom. The Morgan fingerprint density at radius 1 is 1.29 bits per heavy atom. The van der Waals surface area contributed by atoms with Crippen molar-refractivity contribution >= 4 is 11.8 Å². The summed E-state index contributed by atoms with van der Waals surface area (Å²) in [5.74, 6) is 1.29. The van der Waals surface area contributed by atoms with Crippen molar-refractivity contribution in [3.05, 3.63) is 6.20 Å². The molecule has 1 heterocycles. The Labute approximate surface area is 103 Å². The second kappa shape index (κ2) is 5.77. The number of hydrogen-bond acceptors (Lipinski definition) is 6. The van der Waals surface area contributed by atoms with Crippen LogP contribution >= 0.6 is 0 Å². The van der Waals surface area contributed by atoms with Crippen LogP contribution in [0.25, 0.3) is 0 Å². The van der Waals surface area contributed by atoms with Crippen molar-refractivity contribution in [2.75, 3.05) is 37.8 Å². The highest BCUT2D eigenvalue weighted by atomic mass is 15.3. The van der Waals surface area contributed by atoms with Crippen molar-refractivity contribution in [3.8, 4) is 0 Å². The van der Waals surface area contributed by atoms with Gasteiger partial charge in [-0.1, -0.05) is 0 Å². The molecule has 0 aliphatic carbocycles. The third-order valence-corrected chi connectivity index (χ3v) is 1.91. The first-order chi connectivity index (χ1) is 7.87. The fraction of sp³-hybridized carbons (Fsp3) is 0.727. The fourth-order valence-electron chi connectivity index (χ4n) is 1.18. The molecule has 0 aliphatic rings. The summed E-state index contributed by atoms with van der Waals surface area (Å²) in [5.41, 5.74) is -0.0655. The lowest BCUT2D eigenvalue weighted by atomic mass is 10.1. The lowest BCUT2D eigenvalue weighted by molar-refractivity contribution is 0.425. The zero-order valence-corrected chi connectivity index (χ0v) is 11.3. The lowest BCUT2D eigenvalue weighted by Crippen LogP contribution is -2.28. The van der Waals surface area contributed by atoms with E-state index in [9.17, 15) is 0 Å². The molecule has 0 fully saturated rings. The maximum absolute atomic E-state index is 4.34. The summed E-state index contributed by atoms with van der Waals surface area (Å²) in [6.45, 7) is 7.96. The predicted octanol–water partition coefficient (Wildman–Crippen LogP) is 1.06. The highest BCUT2D eigenvalue weighted by Crippen LogP contribution is 2.10. The van der Waals surface area contributed by atoms with E-state index < -0.39 is 0 Å². The normalized spacial score (nSPS) is 11.6. The van der Waals surface area contributed by atoms with Crippen LogP contribution in [0.2, 0.25) is 0 Å². The van der Waals surface area contributed by atoms with E-state index in [4.69, 9.17) is 0 Å². The van der Waals surface area contributed by atoms with E-state index in [1.165, 1.54) is 0 Å². The van der Waals surface area contributed by atoms with E-state index in [-0.39, 0.29) is 5.54 Å². The molecular formula is C11H22N6. The zero-order chi connectivity index (χ0) is 12.9. The number of aromatic nitrogens is 3. The summed E-state index contributed by atoms with van der Waals surface area (Å²) in [6, 6.07) is 0. The summed E-state index contributed by atoms with van der Waals surface area (Å²) in [7, 11) is 4.07. The minimum absolute atomic E-state index is 0.0655. The number of anilines is 2. The Kier molecular flexibility index (Phi) is 4.62. The van der Waals surface area contributed by atoms with Gasteiger partial charge in [0, 0.05) is 18.6 Å². The van der Waals surface area contributed by atoms with Crippen molar-refractivity contribution in [1.82, 2.24) is 20.1 Å². The molecule has 2 N–H and O–H groups in total. The number of likely N-dealkylation sites (N-methyl/N-ethyl adjacent to an activating group) is 1. The summed E-state index contributed by atoms with van der Waals surface area (Å²) in [6.07, 6.45) is 1.63. The maximum atomic E-state index is 4.34. The smallest absolute Gasteiger partial charge is 0.245 e. The van der Waals surface area contributed by atoms with Crippen LogP contribution in [0.4, 0.5) is 11.8 Å². The number of rotatable bonds is 5. The van der Waals surface area contributed by atoms with E-state index in [2.05, 4.69) is 51.5 Å². The minimum Gasteiger partial charge on any atom is -0.367 e. The molecule has 0 saturated carbocycles. The van der Waals surface area contributed by atoms with Gasteiger partial charge in [0.05, 0.1) is 6.20 Å². The third-order valence-electron chi connectivity index (χ3n) is 1.91. The van der Waals surface area contributed by atoms with Gasteiger partial charge in [-0.2, -0.15) is 10.1 Å². The molecule has 0 atom stereocenters. The van der Waals surface area contributed by atoms with Gasteiger partial charge in [0.25, 0.3) is 0 Å². The second-order valence-corrected chi connectivity index (χ2v) is 5.27. The van der Waals surface area contributed by atoms with E-state index in [0.29, 0.717) is 5.95 Å². The number of nitrogens with one attached hydrogen (secondary N) is 2. The van der Waals surface area contributed by atoms with Crippen molar-refractivity contribution < 1.29 is 0 Å². The molecule has 0 spiro atoms. The van der Waals surface area contributed by atoms with E-state index in [0.717, 1.165) is 18.9 Å². The summed E-state index contributed by atoms with van der Waals surface area (Å²) in [5, 5.41) is 14.3. The van der Waals surface area contributed by atoms with Crippen LogP contribution in [0, 0.1) is 0 Å². The Hall–Kier alpha value is -1.43. The molecule has 0 bridgehead atoms. The summed E-state index contributed by atoms with van der Waals surface area (Å²) >= 11 is 0. The quantitative estimate of drug-likeness (QED) is 0.799. The van der Waals surface area contributed by atoms with Crippen molar-refractivity contribution in [2.24, 2.45) is 0 Å². The van der Waals surface area contributed by atoms with Crippen molar-refractivity contribution in [1.29, 1.82) is 0 Å². The molecular weight excluding hydrogens is 216 g/mol. The predicted molar refractivity (Wildman–Crippen MR) is 70.2 cm³/mol. The van der Waals surface area contributed by atoms with Crippen molar-refractivity contribution in [2.45, 2.75) is 26.3 Å². The molecule has 0 radical (unpaired) electrons. The molecule has 0 aliphatic heterocycles. The number of hydrogen-bond donors (Lipinski definition) is 2. The minimum atomic E-state index is -0.0655. The van der Waals surface area contributed by atoms with Crippen molar-refractivity contribution in [3.63, 3.8) is 0 Å². The second-order valence-electron chi connectivity index (χ2n) is 5.27. The molecule has 6 heteroatoms. The van der Waals surface area contributed by atoms with Gasteiger partial charge in [0.1, 0.15) is 0 Å². The molecule has 17 heavy (non-hydrogen) atoms. The molecule has 6 nitrogen and oxygen atoms in total. The third kappa shape index (κ3) is 6.01. The van der Waals surface area contributed by atoms with E-state index >= 15 is 0 Å². The van der Waals surface area contributed by atoms with Gasteiger partial charge in [-0.15, -0.1) is 5.10 Å². The molecule has 96 valence electrons. The van der Waals surface area contributed by atoms with E-state index in [1.807, 2.05) is 14.1 Å². The average molecular weight is 238 g/mol. The maximum Gasteiger partial charge on any atom is 0.245 e. The monoisotopic (exact) mass is 238 g/mol. The summed E-state index contributed by atoms with van der Waals surface area (Å²) in [4.78, 5) is 6.45. The lowest BCUT2D eigenvalue weighted by Gasteiger charge is -2.20. The van der Waals surface area contributed by atoms with Gasteiger partial charge < -0.3 is 15.5 Å². The molecule has 0 aromatic carbocycles. The standard InChI is InChI=1S/C11H22N6/c1-11(2,3)15-10-14-9(8-13-16-10)12-6-7-17(4)5/h8H,6-7H2,1-5H3,(H2,12,14,15,16). The first-order valence-corrected chi connectivity index (χ1v) is 5.73. The first kappa shape index (κ1) is 13.6. The average Bonchev–Trinajstić information content (AvgIpc) is 2.14. The topological polar surface area (TPSA) is 66.0 Å². The van der Waals surface area contributed by atoms with E-state index in [1.54, 1.807) is 6.20 Å². The van der Waals surface area contributed by atoms with Gasteiger partial charge >= 0.3 is 0 Å². The highest BCUT2D eigenvalue weighted by molar-refractivity contribution is 5.37. The SMILES string of the molecule is CN(C)CCNc1cnnc(NC(C)(C)C)n1. The molecule has 1 aromatic rings. The first-order valence-electron chi connectivity index (χ1n) is 5.73. The van der Waals surface area contributed by atoms with Crippen LogP contribution < -0.4 is 10.6 Å². The molecule has 1 rings (SSSR count). The van der Waals surface area contributed by atoms with Gasteiger partial charge in [0.15, 0.2) is 5.82 Å². The van der Waals surface area contributed by atoms with Gasteiger partial charge in [-0.25, -0.2) is 0 Å². The molecule has 0 saturated heterocycles. The molecule has 0 amide bonds. The van der Waals surface area contributed by atoms with Crippen LogP contribution in [0.3, 0.4) is 0 Å². The summed E-state index contributed by atoms with van der Waals surface area (Å²) < 4.78 is 0. The van der Waals surface area contributed by atoms with Crippen LogP contribution in [0.1, 0.15) is 20.8 Å². The highest BCUT2D eigenvalue weighted by Gasteiger charge is 2.11. The largest absolute Gasteiger partial charge is 0.367 e. The Bertz CT molecular complexity index is 344. The van der Waals surface area contributed by atoms with Crippen LogP contribution in [-0.4, -0.2) is 52.8 Å². The molecule has 1 aromatic heterocycles. The van der Waals surface area contributed by atoms with Gasteiger partial charge in [0.2, 0.25) is 5.95 Å².